The monoisotopic (exact) mass is 327 g/mol. The molecule has 0 spiro atoms. The van der Waals surface area contributed by atoms with E-state index in [9.17, 15) is 8.42 Å². The highest BCUT2D eigenvalue weighted by atomic mass is 32.2. The molecule has 0 saturated carbocycles. The van der Waals surface area contributed by atoms with E-state index in [4.69, 9.17) is 15.2 Å². The molecule has 0 aliphatic carbocycles. The Hall–Kier alpha value is -2.00. The number of aryl methyl sites for hydroxylation is 1. The first-order valence-electron chi connectivity index (χ1n) is 6.11. The van der Waals surface area contributed by atoms with Crippen molar-refractivity contribution in [1.82, 2.24) is 4.98 Å². The van der Waals surface area contributed by atoms with Crippen LogP contribution in [0, 0.1) is 6.92 Å². The molecule has 0 amide bonds. The number of nitrogens with zero attached hydrogens (tertiary/aromatic N) is 1. The molecule has 0 bridgehead atoms. The molecule has 1 aliphatic rings. The van der Waals surface area contributed by atoms with Gasteiger partial charge < -0.3 is 15.2 Å². The van der Waals surface area contributed by atoms with Crippen LogP contribution in [-0.2, 0) is 10.0 Å². The summed E-state index contributed by atoms with van der Waals surface area (Å²) in [6.45, 7) is 2.52. The summed E-state index contributed by atoms with van der Waals surface area (Å²) >= 11 is 0.930. The topological polar surface area (TPSA) is 104 Å². The fraction of sp³-hybridized carbons (Fsp3) is 0.250. The Labute approximate surface area is 125 Å². The molecule has 0 unspecified atom stereocenters. The maximum Gasteiger partial charge on any atom is 0.273 e. The number of fused-ring (bicyclic) bond motifs is 1. The van der Waals surface area contributed by atoms with E-state index in [0.29, 0.717) is 36.1 Å². The number of nitrogens with one attached hydrogen (secondary N) is 1. The number of rotatable bonds is 3. The van der Waals surface area contributed by atoms with E-state index in [0.717, 1.165) is 11.3 Å². The van der Waals surface area contributed by atoms with Gasteiger partial charge in [-0.15, -0.1) is 0 Å². The lowest BCUT2D eigenvalue weighted by molar-refractivity contribution is 0.171. The average Bonchev–Trinajstić information content (AvgIpc) is 2.78. The second-order valence-corrected chi connectivity index (χ2v) is 7.30. The first-order chi connectivity index (χ1) is 9.95. The van der Waals surface area contributed by atoms with E-state index in [1.165, 1.54) is 0 Å². The largest absolute Gasteiger partial charge is 0.486 e. The molecule has 0 atom stereocenters. The molecule has 0 saturated heterocycles. The molecule has 7 nitrogen and oxygen atoms in total. The normalized spacial score (nSPS) is 14.0. The molecule has 2 aromatic rings. The molecule has 1 aromatic heterocycles. The van der Waals surface area contributed by atoms with Crippen molar-refractivity contribution in [2.24, 2.45) is 0 Å². The van der Waals surface area contributed by atoms with Crippen LogP contribution in [0.25, 0.3) is 0 Å². The van der Waals surface area contributed by atoms with Crippen LogP contribution in [0.5, 0.6) is 11.5 Å². The molecule has 2 heterocycles. The Balaban J connectivity index is 1.90. The first kappa shape index (κ1) is 14.0. The highest BCUT2D eigenvalue weighted by Gasteiger charge is 2.22. The number of thiazole rings is 1. The van der Waals surface area contributed by atoms with E-state index >= 15 is 0 Å². The van der Waals surface area contributed by atoms with Crippen molar-refractivity contribution in [3.63, 3.8) is 0 Å². The number of aromatic nitrogens is 1. The number of hydrogen-bond acceptors (Lipinski definition) is 7. The van der Waals surface area contributed by atoms with Crippen molar-refractivity contribution < 1.29 is 17.9 Å². The summed E-state index contributed by atoms with van der Waals surface area (Å²) in [7, 11) is -3.72. The maximum atomic E-state index is 12.3. The number of nitrogens with two attached hydrogens (primary N) is 1. The molecule has 1 aromatic carbocycles. The summed E-state index contributed by atoms with van der Waals surface area (Å²) in [6, 6.07) is 4.87. The number of nitrogen functional groups attached to an aromatic ring is 1. The van der Waals surface area contributed by atoms with Crippen molar-refractivity contribution in [2.45, 2.75) is 11.1 Å². The molecule has 1 aliphatic heterocycles. The third-order valence-corrected chi connectivity index (χ3v) is 5.79. The van der Waals surface area contributed by atoms with Gasteiger partial charge in [0.1, 0.15) is 13.2 Å². The lowest BCUT2D eigenvalue weighted by Gasteiger charge is -2.19. The Bertz CT molecular complexity index is 786. The summed E-state index contributed by atoms with van der Waals surface area (Å²) in [6.07, 6.45) is 0. The van der Waals surface area contributed by atoms with Crippen LogP contribution < -0.4 is 19.9 Å². The van der Waals surface area contributed by atoms with Crippen molar-refractivity contribution >= 4 is 32.2 Å². The van der Waals surface area contributed by atoms with Gasteiger partial charge in [-0.3, -0.25) is 4.72 Å². The minimum absolute atomic E-state index is 0.106. The predicted molar refractivity (Wildman–Crippen MR) is 79.5 cm³/mol. The number of anilines is 2. The number of ether oxygens (including phenoxy) is 2. The minimum atomic E-state index is -3.72. The molecule has 3 rings (SSSR count). The smallest absolute Gasteiger partial charge is 0.273 e. The Morgan fingerprint density at radius 3 is 2.67 bits per heavy atom. The van der Waals surface area contributed by atoms with Gasteiger partial charge in [0.15, 0.2) is 20.8 Å². The van der Waals surface area contributed by atoms with E-state index in [1.807, 2.05) is 0 Å². The van der Waals surface area contributed by atoms with Gasteiger partial charge in [-0.05, 0) is 19.1 Å². The van der Waals surface area contributed by atoms with E-state index in [1.54, 1.807) is 25.1 Å². The zero-order valence-electron chi connectivity index (χ0n) is 11.1. The van der Waals surface area contributed by atoms with Crippen molar-refractivity contribution in [1.29, 1.82) is 0 Å². The zero-order valence-corrected chi connectivity index (χ0v) is 12.8. The van der Waals surface area contributed by atoms with Gasteiger partial charge in [-0.2, -0.15) is 0 Å². The number of sulfonamides is 1. The molecule has 3 N–H and O–H groups in total. The standard InChI is InChI=1S/C12H13N3O4S2/c1-7-11(20-12(13)14-7)21(16,17)15-8-2-3-9-10(6-8)19-5-4-18-9/h2-3,6,15H,4-5H2,1H3,(H2,13,14). The van der Waals surface area contributed by atoms with Crippen molar-refractivity contribution in [3.8, 4) is 11.5 Å². The van der Waals surface area contributed by atoms with E-state index in [-0.39, 0.29) is 9.34 Å². The highest BCUT2D eigenvalue weighted by molar-refractivity contribution is 7.94. The van der Waals surface area contributed by atoms with Gasteiger partial charge in [0.05, 0.1) is 11.4 Å². The van der Waals surface area contributed by atoms with Gasteiger partial charge >= 0.3 is 0 Å². The fourth-order valence-electron chi connectivity index (χ4n) is 1.96. The second kappa shape index (κ2) is 5.08. The maximum absolute atomic E-state index is 12.3. The van der Waals surface area contributed by atoms with E-state index < -0.39 is 10.0 Å². The Morgan fingerprint density at radius 1 is 1.29 bits per heavy atom. The Kier molecular flexibility index (Phi) is 3.38. The van der Waals surface area contributed by atoms with Gasteiger partial charge in [0, 0.05) is 6.07 Å². The SMILES string of the molecule is Cc1nc(N)sc1S(=O)(=O)Nc1ccc2c(c1)OCCO2. The third-order valence-electron chi connectivity index (χ3n) is 2.81. The van der Waals surface area contributed by atoms with Crippen LogP contribution in [0.2, 0.25) is 0 Å². The molecule has 9 heteroatoms. The molecule has 0 radical (unpaired) electrons. The Morgan fingerprint density at radius 2 is 2.00 bits per heavy atom. The zero-order chi connectivity index (χ0) is 15.0. The average molecular weight is 327 g/mol. The van der Waals surface area contributed by atoms with Crippen LogP contribution in [-0.4, -0.2) is 26.6 Å². The van der Waals surface area contributed by atoms with Gasteiger partial charge in [0.25, 0.3) is 10.0 Å². The number of hydrogen-bond donors (Lipinski definition) is 2. The molecule has 0 fully saturated rings. The number of benzene rings is 1. The second-order valence-electron chi connectivity index (χ2n) is 4.39. The quantitative estimate of drug-likeness (QED) is 0.887. The lowest BCUT2D eigenvalue weighted by atomic mass is 10.3. The van der Waals surface area contributed by atoms with Crippen LogP contribution in [0.15, 0.2) is 22.4 Å². The van der Waals surface area contributed by atoms with Crippen LogP contribution in [0.1, 0.15) is 5.69 Å². The third kappa shape index (κ3) is 2.74. The van der Waals surface area contributed by atoms with Crippen LogP contribution in [0.4, 0.5) is 10.8 Å². The molecule has 21 heavy (non-hydrogen) atoms. The summed E-state index contributed by atoms with van der Waals surface area (Å²) in [5.41, 5.74) is 6.31. The lowest BCUT2D eigenvalue weighted by Crippen LogP contribution is -2.16. The van der Waals surface area contributed by atoms with Gasteiger partial charge in [-0.1, -0.05) is 11.3 Å². The van der Waals surface area contributed by atoms with Gasteiger partial charge in [-0.25, -0.2) is 13.4 Å². The summed E-state index contributed by atoms with van der Waals surface area (Å²) in [5.74, 6) is 1.12. The highest BCUT2D eigenvalue weighted by Crippen LogP contribution is 2.34. The van der Waals surface area contributed by atoms with E-state index in [2.05, 4.69) is 9.71 Å². The van der Waals surface area contributed by atoms with Crippen molar-refractivity contribution in [3.05, 3.63) is 23.9 Å². The molecule has 112 valence electrons. The predicted octanol–water partition coefficient (Wildman–Crippen LogP) is 1.61. The van der Waals surface area contributed by atoms with Crippen LogP contribution in [0.3, 0.4) is 0 Å². The molecular weight excluding hydrogens is 314 g/mol. The first-order valence-corrected chi connectivity index (χ1v) is 8.41. The van der Waals surface area contributed by atoms with Crippen molar-refractivity contribution in [2.75, 3.05) is 23.7 Å². The summed E-state index contributed by atoms with van der Waals surface area (Å²) < 4.78 is 38.1. The summed E-state index contributed by atoms with van der Waals surface area (Å²) in [4.78, 5) is 3.92. The fourth-order valence-corrected chi connectivity index (χ4v) is 4.31. The van der Waals surface area contributed by atoms with Gasteiger partial charge in [0.2, 0.25) is 0 Å². The minimum Gasteiger partial charge on any atom is -0.486 e. The summed E-state index contributed by atoms with van der Waals surface area (Å²) in [5, 5.41) is 0.218. The molecular formula is C12H13N3O4S2. The van der Waals surface area contributed by atoms with Crippen LogP contribution >= 0.6 is 11.3 Å².